The number of anilines is 1. The molecule has 2 aromatic carbocycles. The van der Waals surface area contributed by atoms with Gasteiger partial charge in [0.15, 0.2) is 0 Å². The van der Waals surface area contributed by atoms with E-state index >= 15 is 0 Å². The fourth-order valence-electron chi connectivity index (χ4n) is 3.78. The maximum atomic E-state index is 13.6. The zero-order valence-corrected chi connectivity index (χ0v) is 19.0. The smallest absolute Gasteiger partial charge is 0.330 e. The lowest BCUT2D eigenvalue weighted by molar-refractivity contribution is -0.124. The largest absolute Gasteiger partial charge is 0.332 e. The summed E-state index contributed by atoms with van der Waals surface area (Å²) in [6.45, 7) is 4.76. The van der Waals surface area contributed by atoms with Crippen molar-refractivity contribution in [3.8, 4) is 0 Å². The van der Waals surface area contributed by atoms with Gasteiger partial charge >= 0.3 is 6.03 Å². The van der Waals surface area contributed by atoms with Gasteiger partial charge in [-0.25, -0.2) is 9.69 Å². The molecule has 5 nitrogen and oxygen atoms in total. The number of carbonyl (C=O) groups is 2. The van der Waals surface area contributed by atoms with Crippen LogP contribution in [0.25, 0.3) is 0 Å². The molecular weight excluding hydrogens is 454 g/mol. The van der Waals surface area contributed by atoms with Gasteiger partial charge in [0.2, 0.25) is 0 Å². The van der Waals surface area contributed by atoms with Gasteiger partial charge in [-0.1, -0.05) is 39.7 Å². The van der Waals surface area contributed by atoms with Gasteiger partial charge in [-0.3, -0.25) is 4.79 Å². The van der Waals surface area contributed by atoms with Crippen molar-refractivity contribution in [1.82, 2.24) is 4.90 Å². The molecule has 0 radical (unpaired) electrons. The SMILES string of the molecule is Cc1cc(Cl)cc(N2C(=O)N(CCCCN)[C@](C)(Cc3ccc(Br)cc3)C2=O)c1. The molecule has 0 bridgehead atoms. The molecule has 29 heavy (non-hydrogen) atoms. The van der Waals surface area contributed by atoms with Crippen LogP contribution in [0, 0.1) is 6.92 Å². The van der Waals surface area contributed by atoms with E-state index in [2.05, 4.69) is 15.9 Å². The normalized spacial score (nSPS) is 19.3. The highest BCUT2D eigenvalue weighted by molar-refractivity contribution is 9.10. The molecular formula is C22H25BrClN3O2. The number of imide groups is 1. The summed E-state index contributed by atoms with van der Waals surface area (Å²) < 4.78 is 0.969. The lowest BCUT2D eigenvalue weighted by Gasteiger charge is -2.32. The molecule has 2 aromatic rings. The van der Waals surface area contributed by atoms with Crippen molar-refractivity contribution >= 4 is 45.2 Å². The molecule has 1 aliphatic heterocycles. The summed E-state index contributed by atoms with van der Waals surface area (Å²) in [5.41, 5.74) is 7.05. The summed E-state index contributed by atoms with van der Waals surface area (Å²) in [7, 11) is 0. The number of rotatable bonds is 7. The van der Waals surface area contributed by atoms with Crippen molar-refractivity contribution in [2.24, 2.45) is 5.73 Å². The summed E-state index contributed by atoms with van der Waals surface area (Å²) in [6, 6.07) is 12.8. The number of carbonyl (C=O) groups excluding carboxylic acids is 2. The van der Waals surface area contributed by atoms with Gasteiger partial charge in [0, 0.05) is 22.5 Å². The maximum Gasteiger partial charge on any atom is 0.332 e. The van der Waals surface area contributed by atoms with Gasteiger partial charge in [-0.2, -0.15) is 0 Å². The predicted octanol–water partition coefficient (Wildman–Crippen LogP) is 4.92. The average Bonchev–Trinajstić information content (AvgIpc) is 2.83. The molecule has 1 atom stereocenters. The number of amides is 3. The molecule has 7 heteroatoms. The third kappa shape index (κ3) is 4.49. The van der Waals surface area contributed by atoms with Crippen LogP contribution in [0.5, 0.6) is 0 Å². The maximum absolute atomic E-state index is 13.6. The summed E-state index contributed by atoms with van der Waals surface area (Å²) in [6.07, 6.45) is 1.97. The van der Waals surface area contributed by atoms with Crippen molar-refractivity contribution < 1.29 is 9.59 Å². The van der Waals surface area contributed by atoms with Crippen LogP contribution in [0.3, 0.4) is 0 Å². The Hall–Kier alpha value is -1.89. The van der Waals surface area contributed by atoms with Gasteiger partial charge in [0.05, 0.1) is 5.69 Å². The van der Waals surface area contributed by atoms with E-state index < -0.39 is 5.54 Å². The molecule has 0 aliphatic carbocycles. The summed E-state index contributed by atoms with van der Waals surface area (Å²) in [5.74, 6) is -0.236. The fourth-order valence-corrected chi connectivity index (χ4v) is 4.32. The average molecular weight is 479 g/mol. The van der Waals surface area contributed by atoms with E-state index in [0.717, 1.165) is 28.4 Å². The molecule has 0 unspecified atom stereocenters. The number of urea groups is 1. The molecule has 0 aromatic heterocycles. The standard InChI is InChI=1S/C22H25BrClN3O2/c1-15-11-18(24)13-19(12-15)27-20(28)22(2,14-16-5-7-17(23)8-6-16)26(21(27)29)10-4-3-9-25/h5-8,11-13H,3-4,9-10,14,25H2,1-2H3/t22-/m1/s1. The number of halogens is 2. The van der Waals surface area contributed by atoms with Crippen LogP contribution >= 0.6 is 27.5 Å². The molecule has 0 spiro atoms. The highest BCUT2D eigenvalue weighted by Crippen LogP contribution is 2.36. The van der Waals surface area contributed by atoms with Gasteiger partial charge in [0.1, 0.15) is 5.54 Å². The fraction of sp³-hybridized carbons (Fsp3) is 0.364. The minimum atomic E-state index is -0.976. The second-order valence-corrected chi connectivity index (χ2v) is 8.99. The number of aryl methyl sites for hydroxylation is 1. The quantitative estimate of drug-likeness (QED) is 0.454. The van der Waals surface area contributed by atoms with Gasteiger partial charge in [0.25, 0.3) is 5.91 Å². The lowest BCUT2D eigenvalue weighted by atomic mass is 9.91. The van der Waals surface area contributed by atoms with Crippen molar-refractivity contribution in [2.75, 3.05) is 18.0 Å². The molecule has 3 amide bonds. The Labute approximate surface area is 184 Å². The Kier molecular flexibility index (Phi) is 6.66. The highest BCUT2D eigenvalue weighted by Gasteiger charge is 2.54. The van der Waals surface area contributed by atoms with Gasteiger partial charge < -0.3 is 10.6 Å². The minimum absolute atomic E-state index is 0.236. The number of unbranched alkanes of at least 4 members (excludes halogenated alkanes) is 1. The van der Waals surface area contributed by atoms with Gasteiger partial charge in [-0.15, -0.1) is 0 Å². The van der Waals surface area contributed by atoms with Crippen molar-refractivity contribution in [3.63, 3.8) is 0 Å². The van der Waals surface area contributed by atoms with E-state index in [9.17, 15) is 9.59 Å². The molecule has 1 heterocycles. The predicted molar refractivity (Wildman–Crippen MR) is 120 cm³/mol. The third-order valence-corrected chi connectivity index (χ3v) is 6.01. The van der Waals surface area contributed by atoms with Crippen molar-refractivity contribution in [2.45, 2.75) is 38.6 Å². The van der Waals surface area contributed by atoms with Crippen LogP contribution in [0.2, 0.25) is 5.02 Å². The van der Waals surface area contributed by atoms with Crippen LogP contribution < -0.4 is 10.6 Å². The van der Waals surface area contributed by atoms with Crippen LogP contribution in [0.15, 0.2) is 46.9 Å². The molecule has 1 fully saturated rings. The van der Waals surface area contributed by atoms with Crippen LogP contribution in [0.1, 0.15) is 30.9 Å². The van der Waals surface area contributed by atoms with Crippen LogP contribution in [-0.2, 0) is 11.2 Å². The molecule has 2 N–H and O–H groups in total. The Morgan fingerprint density at radius 3 is 2.41 bits per heavy atom. The Bertz CT molecular complexity index is 899. The van der Waals surface area contributed by atoms with E-state index in [0.29, 0.717) is 30.2 Å². The summed E-state index contributed by atoms with van der Waals surface area (Å²) in [4.78, 5) is 29.9. The molecule has 1 saturated heterocycles. The zero-order chi connectivity index (χ0) is 21.2. The highest BCUT2D eigenvalue weighted by atomic mass is 79.9. The zero-order valence-electron chi connectivity index (χ0n) is 16.6. The lowest BCUT2D eigenvalue weighted by Crippen LogP contribution is -2.49. The summed E-state index contributed by atoms with van der Waals surface area (Å²) in [5, 5.41) is 0.497. The van der Waals surface area contributed by atoms with E-state index in [1.54, 1.807) is 17.0 Å². The molecule has 0 saturated carbocycles. The van der Waals surface area contributed by atoms with E-state index in [1.807, 2.05) is 44.2 Å². The van der Waals surface area contributed by atoms with Gasteiger partial charge in [-0.05, 0) is 74.7 Å². The summed E-state index contributed by atoms with van der Waals surface area (Å²) >= 11 is 9.63. The topological polar surface area (TPSA) is 66.6 Å². The van der Waals surface area contributed by atoms with E-state index in [1.165, 1.54) is 4.90 Å². The number of nitrogens with zero attached hydrogens (tertiary/aromatic N) is 2. The molecule has 154 valence electrons. The second-order valence-electron chi connectivity index (χ2n) is 7.63. The molecule has 1 aliphatic rings. The number of hydrogen-bond donors (Lipinski definition) is 1. The Morgan fingerprint density at radius 2 is 1.79 bits per heavy atom. The first kappa shape index (κ1) is 21.8. The minimum Gasteiger partial charge on any atom is -0.330 e. The van der Waals surface area contributed by atoms with Crippen molar-refractivity contribution in [3.05, 3.63) is 63.1 Å². The van der Waals surface area contributed by atoms with E-state index in [4.69, 9.17) is 17.3 Å². The van der Waals surface area contributed by atoms with Crippen LogP contribution in [-0.4, -0.2) is 35.5 Å². The first-order valence-electron chi connectivity index (χ1n) is 9.64. The molecule has 3 rings (SSSR count). The monoisotopic (exact) mass is 477 g/mol. The Morgan fingerprint density at radius 1 is 1.10 bits per heavy atom. The third-order valence-electron chi connectivity index (χ3n) is 5.26. The first-order chi connectivity index (χ1) is 13.8. The second kappa shape index (κ2) is 8.86. The number of hydrogen-bond acceptors (Lipinski definition) is 3. The Balaban J connectivity index is 1.99. The number of benzene rings is 2. The first-order valence-corrected chi connectivity index (χ1v) is 10.8. The number of nitrogens with two attached hydrogens (primary N) is 1. The van der Waals surface area contributed by atoms with E-state index in [-0.39, 0.29) is 11.9 Å². The van der Waals surface area contributed by atoms with Crippen LogP contribution in [0.4, 0.5) is 10.5 Å². The van der Waals surface area contributed by atoms with Crippen molar-refractivity contribution in [1.29, 1.82) is 0 Å².